The molecule has 0 spiro atoms. The van der Waals surface area contributed by atoms with Gasteiger partial charge in [0, 0.05) is 17.5 Å². The second kappa shape index (κ2) is 6.65. The first-order valence-electron chi connectivity index (χ1n) is 7.16. The summed E-state index contributed by atoms with van der Waals surface area (Å²) in [6.45, 7) is 2.16. The summed E-state index contributed by atoms with van der Waals surface area (Å²) in [6, 6.07) is 6.93. The van der Waals surface area contributed by atoms with E-state index in [1.54, 1.807) is 36.2 Å². The highest BCUT2D eigenvalue weighted by atomic mass is 32.2. The molecule has 0 radical (unpaired) electrons. The molecule has 114 valence electrons. The number of benzene rings is 1. The number of hydrogen-bond donors (Lipinski definition) is 3. The maximum atomic E-state index is 9.57. The highest BCUT2D eigenvalue weighted by molar-refractivity contribution is 7.99. The zero-order chi connectivity index (χ0) is 15.4. The maximum Gasteiger partial charge on any atom is 0.191 e. The summed E-state index contributed by atoms with van der Waals surface area (Å²) >= 11 is 1.63. The molecule has 1 aromatic carbocycles. The van der Waals surface area contributed by atoms with Crippen LogP contribution < -0.4 is 5.32 Å². The third-order valence-corrected chi connectivity index (χ3v) is 4.06. The van der Waals surface area contributed by atoms with Gasteiger partial charge < -0.3 is 10.4 Å². The Bertz CT molecular complexity index is 773. The summed E-state index contributed by atoms with van der Waals surface area (Å²) in [5, 5.41) is 21.2. The van der Waals surface area contributed by atoms with Crippen LogP contribution in [0.15, 0.2) is 35.6 Å². The number of nitrogens with one attached hydrogen (secondary N) is 2. The van der Waals surface area contributed by atoms with Crippen LogP contribution >= 0.6 is 11.8 Å². The molecule has 3 N–H and O–H groups in total. The average Bonchev–Trinajstić information content (AvgIpc) is 2.96. The number of nitrogens with zero attached hydrogens (tertiary/aromatic N) is 3. The summed E-state index contributed by atoms with van der Waals surface area (Å²) in [7, 11) is 0. The molecule has 22 heavy (non-hydrogen) atoms. The van der Waals surface area contributed by atoms with Crippen molar-refractivity contribution in [1.82, 2.24) is 20.2 Å². The summed E-state index contributed by atoms with van der Waals surface area (Å²) in [6.07, 6.45) is 3.97. The van der Waals surface area contributed by atoms with Gasteiger partial charge in [0.25, 0.3) is 0 Å². The molecular formula is C15H17N5OS. The van der Waals surface area contributed by atoms with E-state index in [1.807, 2.05) is 6.07 Å². The number of phenolic OH excluding ortho intramolecular Hbond substituents is 1. The van der Waals surface area contributed by atoms with E-state index in [-0.39, 0.29) is 5.75 Å². The molecule has 0 aliphatic carbocycles. The summed E-state index contributed by atoms with van der Waals surface area (Å²) in [5.74, 6) is 1.88. The summed E-state index contributed by atoms with van der Waals surface area (Å²) in [5.41, 5.74) is 1.47. The Kier molecular flexibility index (Phi) is 4.43. The van der Waals surface area contributed by atoms with Gasteiger partial charge in [-0.2, -0.15) is 5.10 Å². The molecule has 3 rings (SSSR count). The standard InChI is InChI=1S/C15H17N5OS/c1-2-3-7-22-15-18-13(12-9-16-20-14(12)19-15)17-10-5-4-6-11(21)8-10/h4-6,8-9,21H,2-3,7H2,1H3,(H2,16,17,18,19,20). The van der Waals surface area contributed by atoms with Crippen molar-refractivity contribution in [3.63, 3.8) is 0 Å². The number of rotatable bonds is 6. The molecule has 0 saturated heterocycles. The van der Waals surface area contributed by atoms with Gasteiger partial charge in [-0.15, -0.1) is 0 Å². The number of aromatic nitrogens is 4. The first kappa shape index (κ1) is 14.6. The molecule has 0 aliphatic rings. The predicted octanol–water partition coefficient (Wildman–Crippen LogP) is 3.69. The second-order valence-corrected chi connectivity index (χ2v) is 5.93. The number of phenols is 1. The molecular weight excluding hydrogens is 298 g/mol. The van der Waals surface area contributed by atoms with Crippen LogP contribution in [0.3, 0.4) is 0 Å². The lowest BCUT2D eigenvalue weighted by molar-refractivity contribution is 0.475. The van der Waals surface area contributed by atoms with Gasteiger partial charge in [-0.3, -0.25) is 5.10 Å². The minimum absolute atomic E-state index is 0.208. The van der Waals surface area contributed by atoms with Crippen molar-refractivity contribution in [3.05, 3.63) is 30.5 Å². The lowest BCUT2D eigenvalue weighted by Crippen LogP contribution is -1.98. The van der Waals surface area contributed by atoms with Crippen molar-refractivity contribution in [2.24, 2.45) is 0 Å². The number of H-pyrrole nitrogens is 1. The summed E-state index contributed by atoms with van der Waals surface area (Å²) < 4.78 is 0. The molecule has 0 unspecified atom stereocenters. The van der Waals surface area contributed by atoms with Crippen molar-refractivity contribution in [2.75, 3.05) is 11.1 Å². The topological polar surface area (TPSA) is 86.7 Å². The van der Waals surface area contributed by atoms with Crippen molar-refractivity contribution in [1.29, 1.82) is 0 Å². The van der Waals surface area contributed by atoms with Crippen LogP contribution in [-0.4, -0.2) is 31.0 Å². The Hall–Kier alpha value is -2.28. The van der Waals surface area contributed by atoms with Crippen LogP contribution in [-0.2, 0) is 0 Å². The van der Waals surface area contributed by atoms with E-state index in [0.717, 1.165) is 29.7 Å². The normalized spacial score (nSPS) is 11.0. The molecule has 2 aromatic heterocycles. The number of aromatic amines is 1. The minimum Gasteiger partial charge on any atom is -0.508 e. The number of unbranched alkanes of at least 4 members (excludes halogenated alkanes) is 1. The Labute approximate surface area is 132 Å². The number of hydrogen-bond acceptors (Lipinski definition) is 6. The SMILES string of the molecule is CCCCSc1nc(Nc2cccc(O)c2)c2cn[nH]c2n1. The Morgan fingerprint density at radius 1 is 1.32 bits per heavy atom. The van der Waals surface area contributed by atoms with E-state index in [4.69, 9.17) is 0 Å². The van der Waals surface area contributed by atoms with Crippen LogP contribution in [0.2, 0.25) is 0 Å². The molecule has 0 bridgehead atoms. The Morgan fingerprint density at radius 3 is 3.05 bits per heavy atom. The van der Waals surface area contributed by atoms with Crippen LogP contribution in [0.25, 0.3) is 11.0 Å². The molecule has 0 atom stereocenters. The fraction of sp³-hybridized carbons (Fsp3) is 0.267. The zero-order valence-electron chi connectivity index (χ0n) is 12.2. The fourth-order valence-corrected chi connectivity index (χ4v) is 2.93. The number of thioether (sulfide) groups is 1. The van der Waals surface area contributed by atoms with Crippen LogP contribution in [0.1, 0.15) is 19.8 Å². The van der Waals surface area contributed by atoms with Crippen LogP contribution in [0.5, 0.6) is 5.75 Å². The van der Waals surface area contributed by atoms with Crippen molar-refractivity contribution in [2.45, 2.75) is 24.9 Å². The van der Waals surface area contributed by atoms with Gasteiger partial charge in [0.1, 0.15) is 11.6 Å². The van der Waals surface area contributed by atoms with E-state index in [9.17, 15) is 5.11 Å². The van der Waals surface area contributed by atoms with E-state index in [2.05, 4.69) is 32.4 Å². The van der Waals surface area contributed by atoms with Gasteiger partial charge in [0.2, 0.25) is 0 Å². The first-order valence-corrected chi connectivity index (χ1v) is 8.15. The molecule has 2 heterocycles. The quantitative estimate of drug-likeness (QED) is 0.365. The predicted molar refractivity (Wildman–Crippen MR) is 88.7 cm³/mol. The average molecular weight is 315 g/mol. The molecule has 6 nitrogen and oxygen atoms in total. The van der Waals surface area contributed by atoms with E-state index >= 15 is 0 Å². The number of anilines is 2. The Balaban J connectivity index is 1.91. The zero-order valence-corrected chi connectivity index (χ0v) is 13.0. The smallest absolute Gasteiger partial charge is 0.191 e. The van der Waals surface area contributed by atoms with Gasteiger partial charge in [0.15, 0.2) is 10.8 Å². The largest absolute Gasteiger partial charge is 0.508 e. The van der Waals surface area contributed by atoms with Crippen LogP contribution in [0, 0.1) is 0 Å². The molecule has 0 aliphatic heterocycles. The number of aromatic hydroxyl groups is 1. The second-order valence-electron chi connectivity index (χ2n) is 4.86. The summed E-state index contributed by atoms with van der Waals surface area (Å²) in [4.78, 5) is 9.04. The van der Waals surface area contributed by atoms with Gasteiger partial charge in [-0.25, -0.2) is 9.97 Å². The minimum atomic E-state index is 0.208. The molecule has 3 aromatic rings. The Morgan fingerprint density at radius 2 is 2.23 bits per heavy atom. The molecule has 0 saturated carbocycles. The van der Waals surface area contributed by atoms with Gasteiger partial charge in [-0.1, -0.05) is 31.2 Å². The third-order valence-electron chi connectivity index (χ3n) is 3.13. The lowest BCUT2D eigenvalue weighted by atomic mass is 10.3. The molecule has 0 fully saturated rings. The van der Waals surface area contributed by atoms with E-state index < -0.39 is 0 Å². The van der Waals surface area contributed by atoms with Crippen molar-refractivity contribution < 1.29 is 5.11 Å². The maximum absolute atomic E-state index is 9.57. The van der Waals surface area contributed by atoms with Crippen LogP contribution in [0.4, 0.5) is 11.5 Å². The first-order chi connectivity index (χ1) is 10.8. The van der Waals surface area contributed by atoms with E-state index in [0.29, 0.717) is 16.6 Å². The van der Waals surface area contributed by atoms with Gasteiger partial charge >= 0.3 is 0 Å². The number of fused-ring (bicyclic) bond motifs is 1. The fourth-order valence-electron chi connectivity index (χ4n) is 2.00. The van der Waals surface area contributed by atoms with E-state index in [1.165, 1.54) is 0 Å². The van der Waals surface area contributed by atoms with Gasteiger partial charge in [-0.05, 0) is 18.6 Å². The molecule has 0 amide bonds. The monoisotopic (exact) mass is 315 g/mol. The van der Waals surface area contributed by atoms with Crippen molar-refractivity contribution in [3.8, 4) is 5.75 Å². The lowest BCUT2D eigenvalue weighted by Gasteiger charge is -2.08. The highest BCUT2D eigenvalue weighted by Gasteiger charge is 2.10. The third kappa shape index (κ3) is 3.30. The molecule has 7 heteroatoms. The van der Waals surface area contributed by atoms with Crippen molar-refractivity contribution >= 4 is 34.3 Å². The highest BCUT2D eigenvalue weighted by Crippen LogP contribution is 2.27. The van der Waals surface area contributed by atoms with Gasteiger partial charge in [0.05, 0.1) is 11.6 Å².